The molecule has 0 aliphatic rings. The number of nitro benzene ring substituents is 1. The fraction of sp³-hybridized carbons (Fsp3) is 0.0952. The average Bonchev–Trinajstić information content (AvgIpc) is 2.69. The highest BCUT2D eigenvalue weighted by molar-refractivity contribution is 6.30. The van der Waals surface area contributed by atoms with Crippen LogP contribution in [0.5, 0.6) is 0 Å². The number of nitrogens with one attached hydrogen (secondary N) is 1. The highest BCUT2D eigenvalue weighted by atomic mass is 35.5. The van der Waals surface area contributed by atoms with Crippen LogP contribution in [0, 0.1) is 10.1 Å². The molecule has 0 bridgehead atoms. The first-order chi connectivity index (χ1) is 13.0. The summed E-state index contributed by atoms with van der Waals surface area (Å²) in [6.07, 6.45) is 0.203. The van der Waals surface area contributed by atoms with Crippen molar-refractivity contribution in [2.45, 2.75) is 12.5 Å². The van der Waals surface area contributed by atoms with E-state index in [4.69, 9.17) is 11.6 Å². The SMILES string of the molecule is O=C(CC(Nc1cccc([N+](=O)[O-])c1)c1ccc(Cl)cc1)c1ccccc1. The number of ketones is 1. The first kappa shape index (κ1) is 18.6. The van der Waals surface area contributed by atoms with E-state index in [1.807, 2.05) is 30.3 Å². The van der Waals surface area contributed by atoms with Crippen LogP contribution in [-0.4, -0.2) is 10.7 Å². The van der Waals surface area contributed by atoms with Crippen LogP contribution in [0.25, 0.3) is 0 Å². The van der Waals surface area contributed by atoms with Gasteiger partial charge >= 0.3 is 0 Å². The number of nitrogens with zero attached hydrogens (tertiary/aromatic N) is 1. The predicted molar refractivity (Wildman–Crippen MR) is 106 cm³/mol. The Balaban J connectivity index is 1.88. The van der Waals surface area contributed by atoms with Gasteiger partial charge in [0.15, 0.2) is 5.78 Å². The zero-order valence-electron chi connectivity index (χ0n) is 14.3. The molecule has 136 valence electrons. The molecule has 0 aliphatic carbocycles. The van der Waals surface area contributed by atoms with Crippen LogP contribution in [0.1, 0.15) is 28.4 Å². The van der Waals surface area contributed by atoms with Crippen LogP contribution in [0.15, 0.2) is 78.9 Å². The van der Waals surface area contributed by atoms with Gasteiger partial charge in [0.25, 0.3) is 5.69 Å². The number of non-ortho nitro benzene ring substituents is 1. The van der Waals surface area contributed by atoms with Gasteiger partial charge in [0.1, 0.15) is 0 Å². The maximum atomic E-state index is 12.7. The van der Waals surface area contributed by atoms with Crippen molar-refractivity contribution in [1.29, 1.82) is 0 Å². The number of anilines is 1. The molecular formula is C21H17ClN2O3. The molecule has 3 aromatic carbocycles. The molecule has 6 heteroatoms. The van der Waals surface area contributed by atoms with E-state index in [-0.39, 0.29) is 23.9 Å². The van der Waals surface area contributed by atoms with Crippen LogP contribution in [0.3, 0.4) is 0 Å². The smallest absolute Gasteiger partial charge is 0.271 e. The van der Waals surface area contributed by atoms with Gasteiger partial charge in [-0.2, -0.15) is 0 Å². The van der Waals surface area contributed by atoms with Crippen LogP contribution in [0.4, 0.5) is 11.4 Å². The highest BCUT2D eigenvalue weighted by Gasteiger charge is 2.18. The van der Waals surface area contributed by atoms with Crippen molar-refractivity contribution < 1.29 is 9.72 Å². The molecule has 1 atom stereocenters. The molecule has 0 amide bonds. The molecule has 27 heavy (non-hydrogen) atoms. The first-order valence-electron chi connectivity index (χ1n) is 8.37. The molecule has 5 nitrogen and oxygen atoms in total. The summed E-state index contributed by atoms with van der Waals surface area (Å²) < 4.78 is 0. The lowest BCUT2D eigenvalue weighted by Gasteiger charge is -2.20. The van der Waals surface area contributed by atoms with Crippen molar-refractivity contribution in [3.8, 4) is 0 Å². The average molecular weight is 381 g/mol. The molecule has 3 aromatic rings. The van der Waals surface area contributed by atoms with Gasteiger partial charge in [-0.05, 0) is 23.8 Å². The Labute approximate surface area is 161 Å². The zero-order chi connectivity index (χ0) is 19.2. The topological polar surface area (TPSA) is 72.2 Å². The molecule has 0 heterocycles. The number of nitro groups is 1. The second-order valence-corrected chi connectivity index (χ2v) is 6.49. The minimum absolute atomic E-state index is 0.00996. The summed E-state index contributed by atoms with van der Waals surface area (Å²) in [7, 11) is 0. The number of Topliss-reactive ketones (excluding diaryl/α,β-unsaturated/α-hetero) is 1. The second kappa shape index (κ2) is 8.47. The third kappa shape index (κ3) is 4.92. The largest absolute Gasteiger partial charge is 0.378 e. The molecule has 0 saturated heterocycles. The van der Waals surface area contributed by atoms with E-state index in [0.29, 0.717) is 16.3 Å². The van der Waals surface area contributed by atoms with E-state index in [1.54, 1.807) is 36.4 Å². The molecule has 0 spiro atoms. The van der Waals surface area contributed by atoms with Crippen LogP contribution >= 0.6 is 11.6 Å². The van der Waals surface area contributed by atoms with E-state index >= 15 is 0 Å². The van der Waals surface area contributed by atoms with E-state index in [2.05, 4.69) is 5.32 Å². The van der Waals surface area contributed by atoms with E-state index in [1.165, 1.54) is 12.1 Å². The van der Waals surface area contributed by atoms with Crippen molar-refractivity contribution in [2.75, 3.05) is 5.32 Å². The van der Waals surface area contributed by atoms with Gasteiger partial charge in [-0.3, -0.25) is 14.9 Å². The predicted octanol–water partition coefficient (Wildman–Crippen LogP) is 5.67. The summed E-state index contributed by atoms with van der Waals surface area (Å²) in [5.74, 6) is -0.0199. The number of halogens is 1. The molecule has 0 saturated carbocycles. The molecule has 0 fully saturated rings. The van der Waals surface area contributed by atoms with Gasteiger partial charge in [-0.25, -0.2) is 0 Å². The fourth-order valence-corrected chi connectivity index (χ4v) is 2.91. The van der Waals surface area contributed by atoms with Crippen LogP contribution in [0.2, 0.25) is 5.02 Å². The first-order valence-corrected chi connectivity index (χ1v) is 8.75. The van der Waals surface area contributed by atoms with Gasteiger partial charge in [0.2, 0.25) is 0 Å². The van der Waals surface area contributed by atoms with Crippen LogP contribution < -0.4 is 5.32 Å². The molecule has 0 radical (unpaired) electrons. The Morgan fingerprint density at radius 1 is 1.00 bits per heavy atom. The summed E-state index contributed by atoms with van der Waals surface area (Å²) >= 11 is 5.97. The van der Waals surface area contributed by atoms with E-state index < -0.39 is 4.92 Å². The lowest BCUT2D eigenvalue weighted by atomic mass is 9.97. The number of rotatable bonds is 7. The van der Waals surface area contributed by atoms with Crippen LogP contribution in [-0.2, 0) is 0 Å². The Hall–Kier alpha value is -3.18. The molecule has 1 unspecified atom stereocenters. The zero-order valence-corrected chi connectivity index (χ0v) is 15.1. The molecule has 1 N–H and O–H groups in total. The van der Waals surface area contributed by atoms with Crippen molar-refractivity contribution in [2.24, 2.45) is 0 Å². The summed E-state index contributed by atoms with van der Waals surface area (Å²) in [6.45, 7) is 0. The van der Waals surface area contributed by atoms with Gasteiger partial charge in [-0.15, -0.1) is 0 Å². The van der Waals surface area contributed by atoms with E-state index in [9.17, 15) is 14.9 Å². The Kier molecular flexibility index (Phi) is 5.84. The van der Waals surface area contributed by atoms with Crippen molar-refractivity contribution in [1.82, 2.24) is 0 Å². The lowest BCUT2D eigenvalue weighted by Crippen LogP contribution is -2.16. The maximum Gasteiger partial charge on any atom is 0.271 e. The summed E-state index contributed by atoms with van der Waals surface area (Å²) in [5, 5.41) is 14.9. The number of carbonyl (C=O) groups excluding carboxylic acids is 1. The Morgan fingerprint density at radius 3 is 2.37 bits per heavy atom. The maximum absolute atomic E-state index is 12.7. The third-order valence-corrected chi connectivity index (χ3v) is 4.41. The standard InChI is InChI=1S/C21H17ClN2O3/c22-17-11-9-15(10-12-17)20(14-21(25)16-5-2-1-3-6-16)23-18-7-4-8-19(13-18)24(26)27/h1-13,20,23H,14H2. The molecule has 3 rings (SSSR count). The summed E-state index contributed by atoms with van der Waals surface area (Å²) in [5.41, 5.74) is 2.06. The van der Waals surface area contributed by atoms with Crippen molar-refractivity contribution >= 4 is 28.8 Å². The number of carbonyl (C=O) groups is 1. The van der Waals surface area contributed by atoms with Crippen molar-refractivity contribution in [3.05, 3.63) is 105 Å². The van der Waals surface area contributed by atoms with Gasteiger partial charge in [-0.1, -0.05) is 60.1 Å². The van der Waals surface area contributed by atoms with Crippen molar-refractivity contribution in [3.63, 3.8) is 0 Å². The Morgan fingerprint density at radius 2 is 1.70 bits per heavy atom. The number of benzene rings is 3. The van der Waals surface area contributed by atoms with Gasteiger partial charge in [0.05, 0.1) is 11.0 Å². The minimum atomic E-state index is -0.447. The fourth-order valence-electron chi connectivity index (χ4n) is 2.79. The Bertz CT molecular complexity index is 943. The number of hydrogen-bond acceptors (Lipinski definition) is 4. The summed E-state index contributed by atoms with van der Waals surface area (Å²) in [6, 6.07) is 22.1. The number of hydrogen-bond donors (Lipinski definition) is 1. The van der Waals surface area contributed by atoms with Gasteiger partial charge < -0.3 is 5.32 Å². The monoisotopic (exact) mass is 380 g/mol. The summed E-state index contributed by atoms with van der Waals surface area (Å²) in [4.78, 5) is 23.3. The molecule has 0 aliphatic heterocycles. The molecular weight excluding hydrogens is 364 g/mol. The third-order valence-electron chi connectivity index (χ3n) is 4.16. The minimum Gasteiger partial charge on any atom is -0.378 e. The van der Waals surface area contributed by atoms with E-state index in [0.717, 1.165) is 5.56 Å². The van der Waals surface area contributed by atoms with Gasteiger partial charge in [0, 0.05) is 34.8 Å². The lowest BCUT2D eigenvalue weighted by molar-refractivity contribution is -0.384. The second-order valence-electron chi connectivity index (χ2n) is 6.05. The highest BCUT2D eigenvalue weighted by Crippen LogP contribution is 2.27. The quantitative estimate of drug-likeness (QED) is 0.325. The normalized spacial score (nSPS) is 11.6. The molecule has 0 aromatic heterocycles.